The van der Waals surface area contributed by atoms with Gasteiger partial charge in [-0.15, -0.1) is 0 Å². The van der Waals surface area contributed by atoms with E-state index in [-0.39, 0.29) is 25.7 Å². The lowest BCUT2D eigenvalue weighted by Gasteiger charge is -2.21. The van der Waals surface area contributed by atoms with Gasteiger partial charge in [-0.2, -0.15) is 0 Å². The van der Waals surface area contributed by atoms with Gasteiger partial charge < -0.3 is 33.8 Å². The van der Waals surface area contributed by atoms with Crippen molar-refractivity contribution in [1.29, 1.82) is 0 Å². The minimum Gasteiger partial charge on any atom is -0.462 e. The van der Waals surface area contributed by atoms with E-state index >= 15 is 0 Å². The molecule has 0 aliphatic rings. The first kappa shape index (κ1) is 104. The summed E-state index contributed by atoms with van der Waals surface area (Å²) in [6.45, 7) is 9.73. The van der Waals surface area contributed by atoms with Gasteiger partial charge >= 0.3 is 39.5 Å². The molecule has 0 aromatic carbocycles. The van der Waals surface area contributed by atoms with Crippen molar-refractivity contribution in [3.63, 3.8) is 0 Å². The normalized spacial score (nSPS) is 13.8. The third-order valence-corrected chi connectivity index (χ3v) is 22.4. The zero-order valence-corrected chi connectivity index (χ0v) is 71.5. The Balaban J connectivity index is 5.27. The molecule has 106 heavy (non-hydrogen) atoms. The fourth-order valence-electron chi connectivity index (χ4n) is 13.6. The van der Waals surface area contributed by atoms with Crippen molar-refractivity contribution in [3.05, 3.63) is 0 Å². The molecule has 0 amide bonds. The second kappa shape index (κ2) is 78.3. The van der Waals surface area contributed by atoms with Gasteiger partial charge in [0.15, 0.2) is 12.2 Å². The first-order chi connectivity index (χ1) is 51.4. The lowest BCUT2D eigenvalue weighted by molar-refractivity contribution is -0.161. The number of esters is 4. The molecule has 0 aliphatic carbocycles. The number of unbranched alkanes of at least 4 members (excludes halogenated alkanes) is 56. The number of aliphatic hydroxyl groups is 1. The van der Waals surface area contributed by atoms with Gasteiger partial charge in [0.05, 0.1) is 26.4 Å². The molecule has 0 aromatic heterocycles. The maximum absolute atomic E-state index is 13.2. The van der Waals surface area contributed by atoms with Crippen LogP contribution in [0.5, 0.6) is 0 Å². The minimum absolute atomic E-state index is 0.108. The smallest absolute Gasteiger partial charge is 0.462 e. The lowest BCUT2D eigenvalue weighted by Crippen LogP contribution is -2.30. The summed E-state index contributed by atoms with van der Waals surface area (Å²) < 4.78 is 69.0. The predicted molar refractivity (Wildman–Crippen MR) is 437 cm³/mol. The van der Waals surface area contributed by atoms with Gasteiger partial charge in [0.25, 0.3) is 0 Å². The van der Waals surface area contributed by atoms with Crippen LogP contribution in [0, 0.1) is 11.8 Å². The highest BCUT2D eigenvalue weighted by atomic mass is 31.2. The molecule has 0 rings (SSSR count). The van der Waals surface area contributed by atoms with Crippen LogP contribution in [-0.4, -0.2) is 96.7 Å². The van der Waals surface area contributed by atoms with Crippen molar-refractivity contribution >= 4 is 39.5 Å². The van der Waals surface area contributed by atoms with Gasteiger partial charge in [-0.1, -0.05) is 414 Å². The summed E-state index contributed by atoms with van der Waals surface area (Å²) in [5, 5.41) is 10.7. The molecule has 5 atom stereocenters. The highest BCUT2D eigenvalue weighted by molar-refractivity contribution is 7.47. The van der Waals surface area contributed by atoms with Gasteiger partial charge in [-0.05, 0) is 37.5 Å². The number of hydrogen-bond donors (Lipinski definition) is 3. The third kappa shape index (κ3) is 80.1. The van der Waals surface area contributed by atoms with Gasteiger partial charge in [0.2, 0.25) is 0 Å². The van der Waals surface area contributed by atoms with Gasteiger partial charge in [0, 0.05) is 25.7 Å². The molecule has 2 unspecified atom stereocenters. The van der Waals surface area contributed by atoms with Crippen LogP contribution < -0.4 is 0 Å². The van der Waals surface area contributed by atoms with E-state index in [0.717, 1.165) is 102 Å². The van der Waals surface area contributed by atoms with Crippen molar-refractivity contribution in [2.75, 3.05) is 39.6 Å². The van der Waals surface area contributed by atoms with Crippen LogP contribution in [0.15, 0.2) is 0 Å². The van der Waals surface area contributed by atoms with Crippen molar-refractivity contribution < 1.29 is 80.2 Å². The van der Waals surface area contributed by atoms with Crippen LogP contribution in [0.25, 0.3) is 0 Å². The molecule has 0 saturated heterocycles. The average Bonchev–Trinajstić information content (AvgIpc) is 0.876. The Morgan fingerprint density at radius 3 is 0.642 bits per heavy atom. The van der Waals surface area contributed by atoms with Crippen LogP contribution in [0.2, 0.25) is 0 Å². The van der Waals surface area contributed by atoms with E-state index < -0.39 is 97.5 Å². The largest absolute Gasteiger partial charge is 0.472 e. The number of phosphoric acid groups is 2. The maximum atomic E-state index is 13.2. The second-order valence-corrected chi connectivity index (χ2v) is 35.1. The summed E-state index contributed by atoms with van der Waals surface area (Å²) in [7, 11) is -9.93. The van der Waals surface area contributed by atoms with Crippen molar-refractivity contribution in [2.24, 2.45) is 11.8 Å². The zero-order chi connectivity index (χ0) is 77.8. The summed E-state index contributed by atoms with van der Waals surface area (Å²) in [6.07, 6.45) is 70.7. The number of phosphoric ester groups is 2. The monoisotopic (exact) mass is 1550 g/mol. The molecule has 0 spiro atoms. The number of carbonyl (C=O) groups is 4. The Labute approximate surface area is 651 Å². The Hall–Kier alpha value is -1.94. The summed E-state index contributed by atoms with van der Waals surface area (Å²) in [5.74, 6) is -0.505. The standard InChI is InChI=1S/C87H170O17P2/c1-7-9-11-13-15-17-19-21-22-23-24-25-28-35-41-47-53-59-65-71-86(91)103-83(76-98-85(90)70-64-58-52-46-40-34-29-26-27-32-37-43-49-55-61-67-79(3)4)78-102-106(95,96)100-74-81(88)73-99-105(93,94)101-77-82(75-97-84(89)69-63-57-51-45-39-31-20-18-16-14-12-10-8-2)104-87(92)72-66-60-54-48-42-36-30-33-38-44-50-56-62-68-80(5)6/h79-83,88H,7-78H2,1-6H3,(H,93,94)(H,95,96)/t81-,82+,83+/m0/s1. The van der Waals surface area contributed by atoms with Crippen molar-refractivity contribution in [2.45, 2.75) is 484 Å². The van der Waals surface area contributed by atoms with Gasteiger partial charge in [-0.25, -0.2) is 9.13 Å². The molecule has 17 nitrogen and oxygen atoms in total. The molecule has 0 heterocycles. The van der Waals surface area contributed by atoms with E-state index in [4.69, 9.17) is 37.0 Å². The molecule has 0 bridgehead atoms. The Morgan fingerprint density at radius 2 is 0.434 bits per heavy atom. The molecule has 0 fully saturated rings. The number of aliphatic hydroxyl groups excluding tert-OH is 1. The quantitative estimate of drug-likeness (QED) is 0.0222. The minimum atomic E-state index is -4.97. The second-order valence-electron chi connectivity index (χ2n) is 32.2. The molecule has 3 N–H and O–H groups in total. The Morgan fingerprint density at radius 1 is 0.255 bits per heavy atom. The molecule has 0 saturated carbocycles. The number of rotatable bonds is 86. The molecule has 19 heteroatoms. The first-order valence-corrected chi connectivity index (χ1v) is 48.0. The SMILES string of the molecule is CCCCCCCCCCCCCCCCCCCCCC(=O)O[C@H](COC(=O)CCCCCCCCCCCCCCCCCC(C)C)COP(=O)(O)OC[C@@H](O)COP(=O)(O)OC[C@@H](COC(=O)CCCCCCCCCCCCCCC)OC(=O)CCCCCCCCCCCCCCCC(C)C. The molecule has 630 valence electrons. The Bertz CT molecular complexity index is 2030. The predicted octanol–water partition coefficient (Wildman–Crippen LogP) is 26.6. The Kier molecular flexibility index (Phi) is 76.9. The topological polar surface area (TPSA) is 237 Å². The van der Waals surface area contributed by atoms with Gasteiger partial charge in [-0.3, -0.25) is 37.3 Å². The summed E-state index contributed by atoms with van der Waals surface area (Å²) >= 11 is 0. The number of ether oxygens (including phenoxy) is 4. The molecule has 0 aromatic rings. The van der Waals surface area contributed by atoms with Gasteiger partial charge in [0.1, 0.15) is 19.3 Å². The summed E-state index contributed by atoms with van der Waals surface area (Å²) in [5.41, 5.74) is 0. The molecular formula is C87H170O17P2. The van der Waals surface area contributed by atoms with E-state index in [0.29, 0.717) is 25.7 Å². The third-order valence-electron chi connectivity index (χ3n) is 20.5. The molecule has 0 aliphatic heterocycles. The molecular weight excluding hydrogens is 1380 g/mol. The summed E-state index contributed by atoms with van der Waals surface area (Å²) in [4.78, 5) is 73.3. The van der Waals surface area contributed by atoms with E-state index in [1.807, 2.05) is 0 Å². The fourth-order valence-corrected chi connectivity index (χ4v) is 15.2. The van der Waals surface area contributed by atoms with Crippen LogP contribution >= 0.6 is 15.6 Å². The summed E-state index contributed by atoms with van der Waals surface area (Å²) in [6, 6.07) is 0. The lowest BCUT2D eigenvalue weighted by atomic mass is 10.0. The number of carbonyl (C=O) groups excluding carboxylic acids is 4. The van der Waals surface area contributed by atoms with Crippen molar-refractivity contribution in [1.82, 2.24) is 0 Å². The van der Waals surface area contributed by atoms with E-state index in [9.17, 15) is 43.2 Å². The fraction of sp³-hybridized carbons (Fsp3) is 0.954. The van der Waals surface area contributed by atoms with Crippen LogP contribution in [0.3, 0.4) is 0 Å². The zero-order valence-electron chi connectivity index (χ0n) is 69.7. The highest BCUT2D eigenvalue weighted by Gasteiger charge is 2.30. The van der Waals surface area contributed by atoms with E-state index in [1.54, 1.807) is 0 Å². The van der Waals surface area contributed by atoms with E-state index in [2.05, 4.69) is 41.5 Å². The molecule has 0 radical (unpaired) electrons. The highest BCUT2D eigenvalue weighted by Crippen LogP contribution is 2.45. The maximum Gasteiger partial charge on any atom is 0.472 e. The van der Waals surface area contributed by atoms with Crippen molar-refractivity contribution in [3.8, 4) is 0 Å². The first-order valence-electron chi connectivity index (χ1n) is 45.0. The van der Waals surface area contributed by atoms with Crippen LogP contribution in [0.4, 0.5) is 0 Å². The van der Waals surface area contributed by atoms with Crippen LogP contribution in [0.1, 0.15) is 465 Å². The van der Waals surface area contributed by atoms with Crippen LogP contribution in [-0.2, 0) is 65.4 Å². The number of hydrogen-bond acceptors (Lipinski definition) is 15. The average molecular weight is 1550 g/mol. The van der Waals surface area contributed by atoms with E-state index in [1.165, 1.54) is 283 Å².